The highest BCUT2D eigenvalue weighted by Gasteiger charge is 2.58. The van der Waals surface area contributed by atoms with E-state index in [1.807, 2.05) is 0 Å². The van der Waals surface area contributed by atoms with Gasteiger partial charge in [0.15, 0.2) is 0 Å². The summed E-state index contributed by atoms with van der Waals surface area (Å²) in [4.78, 5) is 23.7. The zero-order valence-corrected chi connectivity index (χ0v) is 11.8. The summed E-state index contributed by atoms with van der Waals surface area (Å²) < 4.78 is 4.59. The Morgan fingerprint density at radius 1 is 1.21 bits per heavy atom. The zero-order chi connectivity index (χ0) is 13.7. The highest BCUT2D eigenvalue weighted by atomic mass is 16.5. The fraction of sp³-hybridized carbons (Fsp3) is 0.867. The average molecular weight is 265 g/mol. The number of ether oxygens (including phenoxy) is 1. The second-order valence-electron chi connectivity index (χ2n) is 7.31. The number of carbonyl (C=O) groups excluding carboxylic acids is 2. The first kappa shape index (κ1) is 12.9. The number of carbonyl (C=O) groups is 2. The summed E-state index contributed by atoms with van der Waals surface area (Å²) in [5.41, 5.74) is 0.152. The number of esters is 1. The van der Waals surface area contributed by atoms with Crippen LogP contribution < -0.4 is 5.32 Å². The molecule has 1 amide bonds. The van der Waals surface area contributed by atoms with E-state index in [4.69, 9.17) is 0 Å². The molecule has 4 aliphatic carbocycles. The van der Waals surface area contributed by atoms with E-state index in [1.54, 1.807) is 0 Å². The third kappa shape index (κ3) is 2.15. The standard InChI is InChI=1S/C15H23NO3/c1-14-4-10-3-11(5-14)7-15(6-10,9-14)13(18)16-8-12(17)19-2/h10-11H,3-9H2,1-2H3,(H,16,18). The van der Waals surface area contributed by atoms with Crippen molar-refractivity contribution in [1.29, 1.82) is 0 Å². The van der Waals surface area contributed by atoms with Gasteiger partial charge >= 0.3 is 5.97 Å². The summed E-state index contributed by atoms with van der Waals surface area (Å²) in [5.74, 6) is 1.15. The molecule has 106 valence electrons. The summed E-state index contributed by atoms with van der Waals surface area (Å²) in [6, 6.07) is 0. The minimum atomic E-state index is -0.371. The molecule has 4 aliphatic rings. The molecule has 19 heavy (non-hydrogen) atoms. The van der Waals surface area contributed by atoms with Crippen LogP contribution in [0.3, 0.4) is 0 Å². The Kier molecular flexibility index (Phi) is 2.88. The van der Waals surface area contributed by atoms with Gasteiger partial charge in [-0.1, -0.05) is 6.92 Å². The van der Waals surface area contributed by atoms with Crippen molar-refractivity contribution >= 4 is 11.9 Å². The van der Waals surface area contributed by atoms with E-state index in [-0.39, 0.29) is 23.8 Å². The number of amides is 1. The van der Waals surface area contributed by atoms with Gasteiger partial charge in [0.05, 0.1) is 12.5 Å². The van der Waals surface area contributed by atoms with Crippen molar-refractivity contribution in [3.63, 3.8) is 0 Å². The maximum absolute atomic E-state index is 12.5. The molecule has 0 aromatic rings. The van der Waals surface area contributed by atoms with Gasteiger partial charge in [0.1, 0.15) is 6.54 Å². The fourth-order valence-corrected chi connectivity index (χ4v) is 5.40. The molecular weight excluding hydrogens is 242 g/mol. The molecule has 0 saturated heterocycles. The van der Waals surface area contributed by atoms with Gasteiger partial charge in [0, 0.05) is 0 Å². The lowest BCUT2D eigenvalue weighted by Gasteiger charge is -2.60. The average Bonchev–Trinajstić information content (AvgIpc) is 2.32. The van der Waals surface area contributed by atoms with E-state index in [2.05, 4.69) is 17.0 Å². The molecule has 0 aliphatic heterocycles. The molecule has 0 spiro atoms. The molecule has 0 heterocycles. The quantitative estimate of drug-likeness (QED) is 0.793. The van der Waals surface area contributed by atoms with Crippen molar-refractivity contribution in [2.75, 3.05) is 13.7 Å². The van der Waals surface area contributed by atoms with Crippen molar-refractivity contribution in [2.45, 2.75) is 45.4 Å². The normalized spacial score (nSPS) is 43.1. The van der Waals surface area contributed by atoms with Gasteiger partial charge in [-0.2, -0.15) is 0 Å². The van der Waals surface area contributed by atoms with Gasteiger partial charge in [-0.15, -0.1) is 0 Å². The SMILES string of the molecule is COC(=O)CNC(=O)C12CC3CC(CC(C)(C3)C1)C2. The van der Waals surface area contributed by atoms with Crippen molar-refractivity contribution in [3.05, 3.63) is 0 Å². The van der Waals surface area contributed by atoms with Gasteiger partial charge in [0.2, 0.25) is 5.91 Å². The zero-order valence-electron chi connectivity index (χ0n) is 11.8. The van der Waals surface area contributed by atoms with Crippen LogP contribution in [0.4, 0.5) is 0 Å². The molecule has 4 nitrogen and oxygen atoms in total. The summed E-state index contributed by atoms with van der Waals surface area (Å²) in [5, 5.41) is 2.79. The van der Waals surface area contributed by atoms with E-state index < -0.39 is 0 Å². The summed E-state index contributed by atoms with van der Waals surface area (Å²) in [6.07, 6.45) is 6.92. The molecule has 4 heteroatoms. The van der Waals surface area contributed by atoms with E-state index in [1.165, 1.54) is 26.4 Å². The number of nitrogens with one attached hydrogen (secondary N) is 1. The van der Waals surface area contributed by atoms with E-state index in [0.29, 0.717) is 5.41 Å². The first-order valence-corrected chi connectivity index (χ1v) is 7.30. The Hall–Kier alpha value is -1.06. The Balaban J connectivity index is 1.73. The van der Waals surface area contributed by atoms with Crippen LogP contribution in [0.1, 0.15) is 45.4 Å². The minimum Gasteiger partial charge on any atom is -0.468 e. The lowest BCUT2D eigenvalue weighted by Crippen LogP contribution is -2.57. The predicted octanol–water partition coefficient (Wildman–Crippen LogP) is 1.88. The van der Waals surface area contributed by atoms with Crippen LogP contribution in [-0.4, -0.2) is 25.5 Å². The molecule has 4 fully saturated rings. The molecule has 2 unspecified atom stereocenters. The van der Waals surface area contributed by atoms with Crippen LogP contribution in [0.25, 0.3) is 0 Å². The Morgan fingerprint density at radius 2 is 1.84 bits per heavy atom. The number of rotatable bonds is 3. The van der Waals surface area contributed by atoms with Gasteiger partial charge in [-0.3, -0.25) is 9.59 Å². The highest BCUT2D eigenvalue weighted by Crippen LogP contribution is 2.65. The summed E-state index contributed by atoms with van der Waals surface area (Å²) >= 11 is 0. The van der Waals surface area contributed by atoms with Crippen LogP contribution in [0.2, 0.25) is 0 Å². The number of methoxy groups -OCH3 is 1. The largest absolute Gasteiger partial charge is 0.468 e. The molecule has 4 saturated carbocycles. The third-order valence-electron chi connectivity index (χ3n) is 5.46. The summed E-state index contributed by atoms with van der Waals surface area (Å²) in [7, 11) is 1.35. The Morgan fingerprint density at radius 3 is 2.37 bits per heavy atom. The van der Waals surface area contributed by atoms with Crippen LogP contribution in [-0.2, 0) is 14.3 Å². The van der Waals surface area contributed by atoms with Crippen LogP contribution in [0.5, 0.6) is 0 Å². The van der Waals surface area contributed by atoms with Gasteiger partial charge in [-0.25, -0.2) is 0 Å². The lowest BCUT2D eigenvalue weighted by atomic mass is 9.44. The van der Waals surface area contributed by atoms with Crippen molar-refractivity contribution in [2.24, 2.45) is 22.7 Å². The second-order valence-corrected chi connectivity index (χ2v) is 7.31. The maximum Gasteiger partial charge on any atom is 0.325 e. The Labute approximate surface area is 114 Å². The van der Waals surface area contributed by atoms with Gasteiger partial charge in [-0.05, 0) is 55.8 Å². The molecule has 0 aromatic heterocycles. The van der Waals surface area contributed by atoms with Crippen LogP contribution >= 0.6 is 0 Å². The number of hydrogen-bond acceptors (Lipinski definition) is 3. The maximum atomic E-state index is 12.5. The molecule has 0 aromatic carbocycles. The first-order valence-electron chi connectivity index (χ1n) is 7.30. The number of hydrogen-bond donors (Lipinski definition) is 1. The molecule has 2 atom stereocenters. The second kappa shape index (κ2) is 4.22. The molecule has 1 N–H and O–H groups in total. The summed E-state index contributed by atoms with van der Waals surface area (Å²) in [6.45, 7) is 2.34. The molecule has 0 radical (unpaired) electrons. The molecular formula is C15H23NO3. The lowest BCUT2D eigenvalue weighted by molar-refractivity contribution is -0.157. The van der Waals surface area contributed by atoms with Crippen LogP contribution in [0, 0.1) is 22.7 Å². The Bertz CT molecular complexity index is 404. The topological polar surface area (TPSA) is 55.4 Å². The van der Waals surface area contributed by atoms with Crippen molar-refractivity contribution in [1.82, 2.24) is 5.32 Å². The van der Waals surface area contributed by atoms with Crippen molar-refractivity contribution in [3.8, 4) is 0 Å². The van der Waals surface area contributed by atoms with E-state index in [9.17, 15) is 9.59 Å². The monoisotopic (exact) mass is 265 g/mol. The fourth-order valence-electron chi connectivity index (χ4n) is 5.40. The first-order chi connectivity index (χ1) is 8.95. The van der Waals surface area contributed by atoms with E-state index >= 15 is 0 Å². The van der Waals surface area contributed by atoms with Crippen molar-refractivity contribution < 1.29 is 14.3 Å². The third-order valence-corrected chi connectivity index (χ3v) is 5.46. The molecule has 4 bridgehead atoms. The minimum absolute atomic E-state index is 0.00311. The van der Waals surface area contributed by atoms with Gasteiger partial charge < -0.3 is 10.1 Å². The highest BCUT2D eigenvalue weighted by molar-refractivity contribution is 5.86. The predicted molar refractivity (Wildman–Crippen MR) is 70.2 cm³/mol. The van der Waals surface area contributed by atoms with Crippen LogP contribution in [0.15, 0.2) is 0 Å². The smallest absolute Gasteiger partial charge is 0.325 e. The van der Waals surface area contributed by atoms with E-state index in [0.717, 1.165) is 31.1 Å². The molecule has 4 rings (SSSR count). The van der Waals surface area contributed by atoms with Gasteiger partial charge in [0.25, 0.3) is 0 Å².